The van der Waals surface area contributed by atoms with Gasteiger partial charge in [-0.25, -0.2) is 4.98 Å². The zero-order valence-corrected chi connectivity index (χ0v) is 7.73. The maximum Gasteiger partial charge on any atom is 0.270 e. The normalized spacial score (nSPS) is 7.91. The second-order valence-corrected chi connectivity index (χ2v) is 2.17. The second kappa shape index (κ2) is 5.85. The molecule has 1 amide bonds. The molecule has 1 rings (SSSR count). The number of thiazole rings is 1. The van der Waals surface area contributed by atoms with E-state index in [0.717, 1.165) is 0 Å². The zero-order chi connectivity index (χ0) is 8.69. The standard InChI is InChI=1S/C5H6N2OS.C2H6/c1-6-5(8)4-2-9-3-7-4;1-2/h2-3H,1H3,(H,6,8);1-2H3. The molecule has 1 heterocycles. The summed E-state index contributed by atoms with van der Waals surface area (Å²) < 4.78 is 0. The molecule has 4 heteroatoms. The number of nitrogens with zero attached hydrogens (tertiary/aromatic N) is 1. The first kappa shape index (κ1) is 10.1. The minimum Gasteiger partial charge on any atom is -0.354 e. The SMILES string of the molecule is CC.CNC(=O)c1cscn1. The third-order valence-corrected chi connectivity index (χ3v) is 1.48. The van der Waals surface area contributed by atoms with Crippen molar-refractivity contribution in [2.45, 2.75) is 13.8 Å². The van der Waals surface area contributed by atoms with E-state index in [9.17, 15) is 4.79 Å². The van der Waals surface area contributed by atoms with Crippen LogP contribution in [0.4, 0.5) is 0 Å². The summed E-state index contributed by atoms with van der Waals surface area (Å²) in [6, 6.07) is 0. The molecule has 0 spiro atoms. The molecular formula is C7H12N2OS. The monoisotopic (exact) mass is 172 g/mol. The fourth-order valence-electron chi connectivity index (χ4n) is 0.453. The molecule has 0 fully saturated rings. The van der Waals surface area contributed by atoms with Gasteiger partial charge in [0.2, 0.25) is 0 Å². The third kappa shape index (κ3) is 3.13. The molecule has 0 aromatic carbocycles. The first-order valence-electron chi connectivity index (χ1n) is 3.45. The van der Waals surface area contributed by atoms with Crippen molar-refractivity contribution in [3.8, 4) is 0 Å². The van der Waals surface area contributed by atoms with Crippen LogP contribution in [0.2, 0.25) is 0 Å². The lowest BCUT2D eigenvalue weighted by Gasteiger charge is -1.89. The number of amides is 1. The summed E-state index contributed by atoms with van der Waals surface area (Å²) in [4.78, 5) is 14.5. The van der Waals surface area contributed by atoms with Crippen LogP contribution in [0.5, 0.6) is 0 Å². The van der Waals surface area contributed by atoms with Crippen LogP contribution in [0.3, 0.4) is 0 Å². The maximum absolute atomic E-state index is 10.7. The molecule has 0 aliphatic rings. The minimum absolute atomic E-state index is 0.128. The van der Waals surface area contributed by atoms with E-state index in [0.29, 0.717) is 5.69 Å². The molecular weight excluding hydrogens is 160 g/mol. The van der Waals surface area contributed by atoms with E-state index < -0.39 is 0 Å². The average Bonchev–Trinajstić information content (AvgIpc) is 2.59. The Kier molecular flexibility index (Phi) is 5.37. The smallest absolute Gasteiger partial charge is 0.270 e. The van der Waals surface area contributed by atoms with Crippen LogP contribution in [0, 0.1) is 0 Å². The summed E-state index contributed by atoms with van der Waals surface area (Å²) in [5.41, 5.74) is 2.12. The van der Waals surface area contributed by atoms with E-state index in [1.165, 1.54) is 11.3 Å². The summed E-state index contributed by atoms with van der Waals surface area (Å²) in [5.74, 6) is -0.128. The van der Waals surface area contributed by atoms with Crippen LogP contribution in [-0.2, 0) is 0 Å². The molecule has 62 valence electrons. The number of aromatic nitrogens is 1. The molecule has 0 bridgehead atoms. The van der Waals surface area contributed by atoms with Crippen molar-refractivity contribution in [3.05, 3.63) is 16.6 Å². The van der Waals surface area contributed by atoms with Gasteiger partial charge in [-0.05, 0) is 0 Å². The van der Waals surface area contributed by atoms with Crippen molar-refractivity contribution in [1.82, 2.24) is 10.3 Å². The molecule has 3 nitrogen and oxygen atoms in total. The average molecular weight is 172 g/mol. The fourth-order valence-corrected chi connectivity index (χ4v) is 0.985. The van der Waals surface area contributed by atoms with Gasteiger partial charge >= 0.3 is 0 Å². The fraction of sp³-hybridized carbons (Fsp3) is 0.429. The Balaban J connectivity index is 0.000000461. The molecule has 0 saturated heterocycles. The predicted octanol–water partition coefficient (Wildman–Crippen LogP) is 1.53. The molecule has 0 atom stereocenters. The van der Waals surface area contributed by atoms with Crippen molar-refractivity contribution >= 4 is 17.2 Å². The van der Waals surface area contributed by atoms with Gasteiger partial charge in [-0.3, -0.25) is 4.79 Å². The van der Waals surface area contributed by atoms with E-state index in [2.05, 4.69) is 10.3 Å². The van der Waals surface area contributed by atoms with Crippen molar-refractivity contribution < 1.29 is 4.79 Å². The molecule has 1 aromatic heterocycles. The zero-order valence-electron chi connectivity index (χ0n) is 6.92. The van der Waals surface area contributed by atoms with E-state index in [4.69, 9.17) is 0 Å². The first-order valence-corrected chi connectivity index (χ1v) is 4.39. The van der Waals surface area contributed by atoms with Gasteiger partial charge in [-0.15, -0.1) is 11.3 Å². The van der Waals surface area contributed by atoms with Crippen LogP contribution in [0.1, 0.15) is 24.3 Å². The Morgan fingerprint density at radius 1 is 1.64 bits per heavy atom. The highest BCUT2D eigenvalue weighted by molar-refractivity contribution is 7.07. The van der Waals surface area contributed by atoms with Crippen LogP contribution in [0.15, 0.2) is 10.9 Å². The molecule has 0 aliphatic heterocycles. The second-order valence-electron chi connectivity index (χ2n) is 1.45. The van der Waals surface area contributed by atoms with E-state index in [1.54, 1.807) is 17.9 Å². The predicted molar refractivity (Wildman–Crippen MR) is 46.9 cm³/mol. The van der Waals surface area contributed by atoms with Gasteiger partial charge in [0.25, 0.3) is 5.91 Å². The molecule has 0 saturated carbocycles. The van der Waals surface area contributed by atoms with Gasteiger partial charge in [0.05, 0.1) is 5.51 Å². The molecule has 0 aliphatic carbocycles. The number of carbonyl (C=O) groups excluding carboxylic acids is 1. The van der Waals surface area contributed by atoms with Gasteiger partial charge < -0.3 is 5.32 Å². The van der Waals surface area contributed by atoms with E-state index in [-0.39, 0.29) is 5.91 Å². The van der Waals surface area contributed by atoms with E-state index >= 15 is 0 Å². The largest absolute Gasteiger partial charge is 0.354 e. The number of hydrogen-bond donors (Lipinski definition) is 1. The Labute approximate surface area is 70.5 Å². The van der Waals surface area contributed by atoms with Gasteiger partial charge in [0.15, 0.2) is 0 Å². The van der Waals surface area contributed by atoms with Gasteiger partial charge in [-0.1, -0.05) is 13.8 Å². The minimum atomic E-state index is -0.128. The van der Waals surface area contributed by atoms with Crippen molar-refractivity contribution in [2.24, 2.45) is 0 Å². The summed E-state index contributed by atoms with van der Waals surface area (Å²) in [7, 11) is 1.58. The molecule has 1 N–H and O–H groups in total. The van der Waals surface area contributed by atoms with Gasteiger partial charge in [0.1, 0.15) is 5.69 Å². The number of rotatable bonds is 1. The maximum atomic E-state index is 10.7. The topological polar surface area (TPSA) is 42.0 Å². The van der Waals surface area contributed by atoms with Crippen LogP contribution in [0.25, 0.3) is 0 Å². The number of carbonyl (C=O) groups is 1. The Morgan fingerprint density at radius 2 is 2.27 bits per heavy atom. The summed E-state index contributed by atoms with van der Waals surface area (Å²) in [5, 5.41) is 4.18. The highest BCUT2D eigenvalue weighted by Crippen LogP contribution is 1.98. The number of hydrogen-bond acceptors (Lipinski definition) is 3. The quantitative estimate of drug-likeness (QED) is 0.698. The van der Waals surface area contributed by atoms with E-state index in [1.807, 2.05) is 13.8 Å². The van der Waals surface area contributed by atoms with Crippen LogP contribution < -0.4 is 5.32 Å². The van der Waals surface area contributed by atoms with Gasteiger partial charge in [0, 0.05) is 12.4 Å². The third-order valence-electron chi connectivity index (χ3n) is 0.892. The Bertz CT molecular complexity index is 196. The lowest BCUT2D eigenvalue weighted by Crippen LogP contribution is -2.17. The number of nitrogens with one attached hydrogen (secondary N) is 1. The highest BCUT2D eigenvalue weighted by atomic mass is 32.1. The van der Waals surface area contributed by atoms with Crippen molar-refractivity contribution in [2.75, 3.05) is 7.05 Å². The Morgan fingerprint density at radius 3 is 2.64 bits per heavy atom. The lowest BCUT2D eigenvalue weighted by molar-refractivity contribution is 0.0959. The Hall–Kier alpha value is -0.900. The van der Waals surface area contributed by atoms with Crippen molar-refractivity contribution in [1.29, 1.82) is 0 Å². The van der Waals surface area contributed by atoms with Gasteiger partial charge in [-0.2, -0.15) is 0 Å². The summed E-state index contributed by atoms with van der Waals surface area (Å²) >= 11 is 1.41. The summed E-state index contributed by atoms with van der Waals surface area (Å²) in [6.07, 6.45) is 0. The lowest BCUT2D eigenvalue weighted by atomic mass is 10.5. The summed E-state index contributed by atoms with van der Waals surface area (Å²) in [6.45, 7) is 4.00. The van der Waals surface area contributed by atoms with Crippen LogP contribution in [-0.4, -0.2) is 17.9 Å². The molecule has 11 heavy (non-hydrogen) atoms. The molecule has 0 unspecified atom stereocenters. The van der Waals surface area contributed by atoms with Crippen LogP contribution >= 0.6 is 11.3 Å². The highest BCUT2D eigenvalue weighted by Gasteiger charge is 2.01. The molecule has 1 aromatic rings. The van der Waals surface area contributed by atoms with Crippen molar-refractivity contribution in [3.63, 3.8) is 0 Å². The first-order chi connectivity index (χ1) is 5.34. The molecule has 0 radical (unpaired) electrons.